The molecule has 0 radical (unpaired) electrons. The van der Waals surface area contributed by atoms with Crippen molar-refractivity contribution < 1.29 is 42.8 Å². The van der Waals surface area contributed by atoms with Gasteiger partial charge in [0.1, 0.15) is 53.3 Å². The molecule has 6 aromatic carbocycles. The lowest BCUT2D eigenvalue weighted by Gasteiger charge is -2.14. The zero-order valence-electron chi connectivity index (χ0n) is 38.8. The van der Waals surface area contributed by atoms with Crippen molar-refractivity contribution in [2.24, 2.45) is 0 Å². The lowest BCUT2D eigenvalue weighted by Crippen LogP contribution is -2.08. The van der Waals surface area contributed by atoms with Crippen LogP contribution in [0.1, 0.15) is 89.6 Å². The number of esters is 2. The van der Waals surface area contributed by atoms with Gasteiger partial charge >= 0.3 is 11.9 Å². The standard InChI is InChI=1S/C58H57NO9S/c1-3-5-6-7-8-11-34-64-47-26-30-51(31-27-47)69-57-54-37-49(66-40-43-16-14-42(39-60)15-17-43)28-32-52(54)53-33-29-50(38-55(53)59-57)67-41-44-18-20-45(21-19-44)58(62)68-48-24-22-46(23-25-48)63-35-12-9-10-13-36-65-56(61)4-2/h3-4,14-33,37-39H,1-2,5-13,34-36,40-41H2. The minimum absolute atomic E-state index is 0.283. The second-order valence-electron chi connectivity index (χ2n) is 16.3. The molecule has 69 heavy (non-hydrogen) atoms. The first kappa shape index (κ1) is 49.5. The van der Waals surface area contributed by atoms with E-state index < -0.39 is 11.9 Å². The van der Waals surface area contributed by atoms with Gasteiger partial charge in [0.2, 0.25) is 0 Å². The van der Waals surface area contributed by atoms with Gasteiger partial charge in [-0.05, 0) is 152 Å². The van der Waals surface area contributed by atoms with Gasteiger partial charge in [0.15, 0.2) is 0 Å². The van der Waals surface area contributed by atoms with Gasteiger partial charge in [-0.3, -0.25) is 4.79 Å². The molecule has 0 spiro atoms. The number of allylic oxidation sites excluding steroid dienone is 1. The molecule has 10 nitrogen and oxygen atoms in total. The third kappa shape index (κ3) is 15.3. The molecule has 1 heterocycles. The largest absolute Gasteiger partial charge is 0.494 e. The monoisotopic (exact) mass is 943 g/mol. The van der Waals surface area contributed by atoms with E-state index in [1.165, 1.54) is 18.9 Å². The topological polar surface area (TPSA) is 119 Å². The number of aldehydes is 1. The van der Waals surface area contributed by atoms with E-state index in [-0.39, 0.29) is 6.61 Å². The SMILES string of the molecule is C=CCCCCCCOc1ccc(Sc2nc3cc(OCc4ccc(C(=O)Oc5ccc(OCCCCCCOC(=O)C=C)cc5)cc4)ccc3c3ccc(OCc4ccc(C=O)cc4)cc23)cc1. The molecule has 354 valence electrons. The summed E-state index contributed by atoms with van der Waals surface area (Å²) >= 11 is 1.58. The third-order valence-corrected chi connectivity index (χ3v) is 12.2. The highest BCUT2D eigenvalue weighted by Crippen LogP contribution is 2.39. The van der Waals surface area contributed by atoms with E-state index in [9.17, 15) is 14.4 Å². The van der Waals surface area contributed by atoms with Gasteiger partial charge in [0.05, 0.1) is 30.9 Å². The number of rotatable bonds is 28. The van der Waals surface area contributed by atoms with Crippen LogP contribution in [-0.2, 0) is 22.7 Å². The maximum Gasteiger partial charge on any atom is 0.343 e. The van der Waals surface area contributed by atoms with Crippen LogP contribution in [0.5, 0.6) is 28.7 Å². The number of hydrogen-bond donors (Lipinski definition) is 0. The molecule has 7 aromatic rings. The summed E-state index contributed by atoms with van der Waals surface area (Å²) in [6, 6.07) is 41.6. The summed E-state index contributed by atoms with van der Waals surface area (Å²) in [6.07, 6.45) is 13.1. The predicted molar refractivity (Wildman–Crippen MR) is 272 cm³/mol. The van der Waals surface area contributed by atoms with Gasteiger partial charge in [-0.1, -0.05) is 73.7 Å². The van der Waals surface area contributed by atoms with Crippen molar-refractivity contribution in [3.05, 3.63) is 181 Å². The molecule has 0 N–H and O–H groups in total. The number of aromatic nitrogens is 1. The normalized spacial score (nSPS) is 10.9. The number of carbonyl (C=O) groups is 3. The fourth-order valence-electron chi connectivity index (χ4n) is 7.36. The van der Waals surface area contributed by atoms with Crippen molar-refractivity contribution >= 4 is 51.7 Å². The highest BCUT2D eigenvalue weighted by atomic mass is 32.2. The van der Waals surface area contributed by atoms with Crippen molar-refractivity contribution in [1.29, 1.82) is 0 Å². The van der Waals surface area contributed by atoms with Crippen molar-refractivity contribution in [2.45, 2.75) is 80.9 Å². The molecule has 1 aromatic heterocycles. The maximum atomic E-state index is 13.0. The van der Waals surface area contributed by atoms with Crippen molar-refractivity contribution in [2.75, 3.05) is 19.8 Å². The van der Waals surface area contributed by atoms with Crippen LogP contribution in [0.15, 0.2) is 169 Å². The Kier molecular flexibility index (Phi) is 18.8. The molecule has 0 saturated carbocycles. The van der Waals surface area contributed by atoms with E-state index in [1.54, 1.807) is 60.3 Å². The first-order valence-corrected chi connectivity index (χ1v) is 24.2. The number of fused-ring (bicyclic) bond motifs is 3. The van der Waals surface area contributed by atoms with Gasteiger partial charge in [0, 0.05) is 33.4 Å². The number of benzene rings is 6. The first-order valence-electron chi connectivity index (χ1n) is 23.4. The Hall–Kier alpha value is -7.37. The Morgan fingerprint density at radius 2 is 1.09 bits per heavy atom. The van der Waals surface area contributed by atoms with Crippen LogP contribution in [0.2, 0.25) is 0 Å². The zero-order valence-corrected chi connectivity index (χ0v) is 39.6. The van der Waals surface area contributed by atoms with E-state index in [1.807, 2.05) is 72.8 Å². The molecule has 7 rings (SSSR count). The lowest BCUT2D eigenvalue weighted by molar-refractivity contribution is -0.137. The summed E-state index contributed by atoms with van der Waals surface area (Å²) < 4.78 is 35.0. The zero-order chi connectivity index (χ0) is 48.0. The quantitative estimate of drug-likeness (QED) is 0.00888. The van der Waals surface area contributed by atoms with Gasteiger partial charge in [0.25, 0.3) is 0 Å². The third-order valence-electron chi connectivity index (χ3n) is 11.2. The van der Waals surface area contributed by atoms with Crippen LogP contribution in [-0.4, -0.2) is 43.0 Å². The highest BCUT2D eigenvalue weighted by molar-refractivity contribution is 7.99. The number of nitrogens with zero attached hydrogens (tertiary/aromatic N) is 1. The maximum absolute atomic E-state index is 13.0. The van der Waals surface area contributed by atoms with Gasteiger partial charge < -0.3 is 28.4 Å². The summed E-state index contributed by atoms with van der Waals surface area (Å²) in [7, 11) is 0. The summed E-state index contributed by atoms with van der Waals surface area (Å²) in [5.74, 6) is 2.45. The second-order valence-corrected chi connectivity index (χ2v) is 17.4. The molecule has 0 aliphatic rings. The predicted octanol–water partition coefficient (Wildman–Crippen LogP) is 13.9. The lowest BCUT2D eigenvalue weighted by atomic mass is 10.1. The Labute approximate surface area is 408 Å². The molecule has 0 aliphatic carbocycles. The van der Waals surface area contributed by atoms with Crippen LogP contribution in [0.3, 0.4) is 0 Å². The Morgan fingerprint density at radius 1 is 0.536 bits per heavy atom. The number of ether oxygens (including phenoxy) is 6. The van der Waals surface area contributed by atoms with Gasteiger partial charge in [-0.25, -0.2) is 14.6 Å². The molecule has 0 unspecified atom stereocenters. The van der Waals surface area contributed by atoms with Crippen LogP contribution in [0, 0.1) is 0 Å². The van der Waals surface area contributed by atoms with E-state index in [0.717, 1.165) is 99.7 Å². The fraction of sp³-hybridized carbons (Fsp3) is 0.241. The minimum atomic E-state index is -0.467. The Bertz CT molecular complexity index is 2790. The minimum Gasteiger partial charge on any atom is -0.494 e. The smallest absolute Gasteiger partial charge is 0.343 e. The summed E-state index contributed by atoms with van der Waals surface area (Å²) in [5.41, 5.74) is 3.67. The first-order chi connectivity index (χ1) is 33.9. The fourth-order valence-corrected chi connectivity index (χ4v) is 8.27. The van der Waals surface area contributed by atoms with Crippen molar-refractivity contribution in [1.82, 2.24) is 4.98 Å². The molecular formula is C58H57NO9S. The molecule has 0 atom stereocenters. The highest BCUT2D eigenvalue weighted by Gasteiger charge is 2.14. The van der Waals surface area contributed by atoms with E-state index >= 15 is 0 Å². The van der Waals surface area contributed by atoms with E-state index in [2.05, 4.69) is 31.4 Å². The van der Waals surface area contributed by atoms with E-state index in [4.69, 9.17) is 33.4 Å². The molecule has 0 aliphatic heterocycles. The van der Waals surface area contributed by atoms with Crippen LogP contribution >= 0.6 is 11.8 Å². The average molecular weight is 944 g/mol. The van der Waals surface area contributed by atoms with Crippen LogP contribution < -0.4 is 23.7 Å². The summed E-state index contributed by atoms with van der Waals surface area (Å²) in [6.45, 7) is 9.46. The average Bonchev–Trinajstić information content (AvgIpc) is 3.39. The van der Waals surface area contributed by atoms with Crippen LogP contribution in [0.4, 0.5) is 0 Å². The summed E-state index contributed by atoms with van der Waals surface area (Å²) in [4.78, 5) is 41.5. The molecule has 11 heteroatoms. The Balaban J connectivity index is 0.963. The Morgan fingerprint density at radius 3 is 1.71 bits per heavy atom. The molecule has 0 amide bonds. The second kappa shape index (κ2) is 26.2. The summed E-state index contributed by atoms with van der Waals surface area (Å²) in [5, 5.41) is 3.78. The number of hydrogen-bond acceptors (Lipinski definition) is 11. The molecule has 0 fully saturated rings. The van der Waals surface area contributed by atoms with Gasteiger partial charge in [-0.2, -0.15) is 0 Å². The number of unbranched alkanes of at least 4 members (excludes halogenated alkanes) is 7. The molecule has 0 bridgehead atoms. The van der Waals surface area contributed by atoms with Crippen LogP contribution in [0.25, 0.3) is 21.7 Å². The van der Waals surface area contributed by atoms with Crippen molar-refractivity contribution in [3.8, 4) is 28.7 Å². The van der Waals surface area contributed by atoms with Crippen molar-refractivity contribution in [3.63, 3.8) is 0 Å². The molecule has 0 saturated heterocycles. The number of carbonyl (C=O) groups excluding carboxylic acids is 3. The van der Waals surface area contributed by atoms with Gasteiger partial charge in [-0.15, -0.1) is 6.58 Å². The molecular weight excluding hydrogens is 887 g/mol. The van der Waals surface area contributed by atoms with E-state index in [0.29, 0.717) is 60.6 Å². The number of pyridine rings is 1.